The number of aromatic nitrogens is 2. The summed E-state index contributed by atoms with van der Waals surface area (Å²) < 4.78 is 7.12. The summed E-state index contributed by atoms with van der Waals surface area (Å²) in [6.45, 7) is 8.19. The molecule has 0 aliphatic heterocycles. The largest absolute Gasteiger partial charge is 0.407 e. The number of nitrogens with zero attached hydrogens (tertiary/aromatic N) is 2. The van der Waals surface area contributed by atoms with Crippen molar-refractivity contribution in [3.63, 3.8) is 0 Å². The topological polar surface area (TPSA) is 44.1 Å². The molecule has 0 saturated carbocycles. The second-order valence-corrected chi connectivity index (χ2v) is 7.52. The van der Waals surface area contributed by atoms with Crippen LogP contribution in [0.25, 0.3) is 5.69 Å². The average Bonchev–Trinajstić information content (AvgIpc) is 2.92. The molecule has 0 bridgehead atoms. The van der Waals surface area contributed by atoms with Gasteiger partial charge in [-0.1, -0.05) is 57.3 Å². The number of carbonyl (C=O) groups excluding carboxylic acids is 1. The molecule has 1 aromatic carbocycles. The number of unbranched alkanes of at least 4 members (excludes halogenated alkanes) is 1. The number of rotatable bonds is 5. The molecule has 0 spiro atoms. The second kappa shape index (κ2) is 7.58. The van der Waals surface area contributed by atoms with E-state index in [1.54, 1.807) is 28.9 Å². The van der Waals surface area contributed by atoms with Crippen LogP contribution in [0.4, 0.5) is 0 Å². The number of benzene rings is 1. The highest BCUT2D eigenvalue weighted by molar-refractivity contribution is 6.42. The van der Waals surface area contributed by atoms with Crippen molar-refractivity contribution in [3.8, 4) is 11.6 Å². The molecule has 0 atom stereocenters. The van der Waals surface area contributed by atoms with Crippen molar-refractivity contribution in [1.82, 2.24) is 9.78 Å². The highest BCUT2D eigenvalue weighted by Crippen LogP contribution is 2.30. The van der Waals surface area contributed by atoms with E-state index in [-0.39, 0.29) is 11.4 Å². The Hall–Kier alpha value is -1.52. The molecule has 24 heavy (non-hydrogen) atoms. The first-order valence-corrected chi connectivity index (χ1v) is 8.74. The Morgan fingerprint density at radius 2 is 1.92 bits per heavy atom. The molecule has 0 radical (unpaired) electrons. The van der Waals surface area contributed by atoms with Crippen LogP contribution in [0, 0.1) is 0 Å². The second-order valence-electron chi connectivity index (χ2n) is 6.71. The van der Waals surface area contributed by atoms with Crippen LogP contribution in [0.1, 0.15) is 52.7 Å². The van der Waals surface area contributed by atoms with Crippen molar-refractivity contribution in [2.24, 2.45) is 0 Å². The zero-order valence-corrected chi connectivity index (χ0v) is 15.9. The number of halogens is 2. The zero-order valence-electron chi connectivity index (χ0n) is 14.4. The van der Waals surface area contributed by atoms with Gasteiger partial charge in [-0.15, -0.1) is 0 Å². The molecule has 1 heterocycles. The first-order chi connectivity index (χ1) is 11.2. The molecule has 6 heteroatoms. The van der Waals surface area contributed by atoms with Crippen LogP contribution in [-0.2, 0) is 10.2 Å². The lowest BCUT2D eigenvalue weighted by atomic mass is 9.93. The standard InChI is InChI=1S/C18H22Cl2N2O2/c1-5-6-7-17(23)24-16-11-15(18(2,3)4)21-22(16)12-8-9-13(19)14(20)10-12/h8-11H,5-7H2,1-4H3. The van der Waals surface area contributed by atoms with Crippen LogP contribution < -0.4 is 4.74 Å². The van der Waals surface area contributed by atoms with E-state index < -0.39 is 0 Å². The van der Waals surface area contributed by atoms with Crippen LogP contribution in [0.5, 0.6) is 5.88 Å². The fourth-order valence-corrected chi connectivity index (χ4v) is 2.39. The Morgan fingerprint density at radius 3 is 2.50 bits per heavy atom. The maximum absolute atomic E-state index is 12.0. The van der Waals surface area contributed by atoms with Crippen LogP contribution >= 0.6 is 23.2 Å². The molecule has 2 aromatic rings. The Balaban J connectivity index is 2.42. The van der Waals surface area contributed by atoms with Crippen molar-refractivity contribution < 1.29 is 9.53 Å². The van der Waals surface area contributed by atoms with Gasteiger partial charge in [0.2, 0.25) is 5.88 Å². The van der Waals surface area contributed by atoms with Gasteiger partial charge in [-0.3, -0.25) is 4.79 Å². The van der Waals surface area contributed by atoms with E-state index in [4.69, 9.17) is 27.9 Å². The summed E-state index contributed by atoms with van der Waals surface area (Å²) in [5, 5.41) is 5.48. The van der Waals surface area contributed by atoms with Crippen LogP contribution in [0.3, 0.4) is 0 Å². The predicted molar refractivity (Wildman–Crippen MR) is 97.4 cm³/mol. The third kappa shape index (κ3) is 4.52. The van der Waals surface area contributed by atoms with E-state index in [0.717, 1.165) is 18.5 Å². The SMILES string of the molecule is CCCCC(=O)Oc1cc(C(C)(C)C)nn1-c1ccc(Cl)c(Cl)c1. The molecule has 0 aliphatic rings. The summed E-state index contributed by atoms with van der Waals surface area (Å²) in [5.74, 6) is 0.123. The van der Waals surface area contributed by atoms with Crippen molar-refractivity contribution >= 4 is 29.2 Å². The van der Waals surface area contributed by atoms with E-state index in [0.29, 0.717) is 28.0 Å². The molecular weight excluding hydrogens is 347 g/mol. The molecule has 2 rings (SSSR count). The highest BCUT2D eigenvalue weighted by Gasteiger charge is 2.22. The van der Waals surface area contributed by atoms with E-state index in [1.165, 1.54) is 0 Å². The van der Waals surface area contributed by atoms with Gasteiger partial charge in [-0.2, -0.15) is 5.10 Å². The number of ether oxygens (including phenoxy) is 1. The van der Waals surface area contributed by atoms with Crippen LogP contribution in [-0.4, -0.2) is 15.7 Å². The van der Waals surface area contributed by atoms with Crippen molar-refractivity contribution in [3.05, 3.63) is 40.0 Å². The lowest BCUT2D eigenvalue weighted by molar-refractivity contribution is -0.134. The molecule has 0 amide bonds. The molecule has 0 unspecified atom stereocenters. The lowest BCUT2D eigenvalue weighted by Gasteiger charge is -2.14. The van der Waals surface area contributed by atoms with Crippen molar-refractivity contribution in [1.29, 1.82) is 0 Å². The van der Waals surface area contributed by atoms with Crippen LogP contribution in [0.15, 0.2) is 24.3 Å². The van der Waals surface area contributed by atoms with Gasteiger partial charge in [0.1, 0.15) is 0 Å². The maximum Gasteiger partial charge on any atom is 0.312 e. The Morgan fingerprint density at radius 1 is 1.21 bits per heavy atom. The van der Waals surface area contributed by atoms with Gasteiger partial charge < -0.3 is 4.74 Å². The summed E-state index contributed by atoms with van der Waals surface area (Å²) in [6.07, 6.45) is 2.12. The van der Waals surface area contributed by atoms with E-state index in [1.807, 2.05) is 6.92 Å². The molecule has 130 valence electrons. The first-order valence-electron chi connectivity index (χ1n) is 7.99. The van der Waals surface area contributed by atoms with Gasteiger partial charge in [0.25, 0.3) is 0 Å². The zero-order chi connectivity index (χ0) is 17.9. The molecule has 1 aromatic heterocycles. The molecule has 4 nitrogen and oxygen atoms in total. The smallest absolute Gasteiger partial charge is 0.312 e. The van der Waals surface area contributed by atoms with Gasteiger partial charge in [-0.25, -0.2) is 4.68 Å². The minimum absolute atomic E-state index is 0.175. The predicted octanol–water partition coefficient (Wildman–Crippen LogP) is 5.57. The van der Waals surface area contributed by atoms with Crippen molar-refractivity contribution in [2.45, 2.75) is 52.4 Å². The number of hydrogen-bond acceptors (Lipinski definition) is 3. The minimum atomic E-state index is -0.265. The number of carbonyl (C=O) groups is 1. The summed E-state index contributed by atoms with van der Waals surface area (Å²) in [7, 11) is 0. The Labute approximate surface area is 152 Å². The van der Waals surface area contributed by atoms with Gasteiger partial charge >= 0.3 is 5.97 Å². The van der Waals surface area contributed by atoms with Gasteiger partial charge in [0.05, 0.1) is 21.4 Å². The molecule has 0 saturated heterocycles. The molecule has 0 aliphatic carbocycles. The monoisotopic (exact) mass is 368 g/mol. The lowest BCUT2D eigenvalue weighted by Crippen LogP contribution is -2.13. The Kier molecular flexibility index (Phi) is 5.94. The first kappa shape index (κ1) is 18.8. The van der Waals surface area contributed by atoms with Gasteiger partial charge in [-0.05, 0) is 24.6 Å². The summed E-state index contributed by atoms with van der Waals surface area (Å²) in [6, 6.07) is 6.98. The quantitative estimate of drug-likeness (QED) is 0.647. The fraction of sp³-hybridized carbons (Fsp3) is 0.444. The minimum Gasteiger partial charge on any atom is -0.407 e. The summed E-state index contributed by atoms with van der Waals surface area (Å²) in [5.41, 5.74) is 1.34. The highest BCUT2D eigenvalue weighted by atomic mass is 35.5. The number of esters is 1. The molecular formula is C18H22Cl2N2O2. The summed E-state index contributed by atoms with van der Waals surface area (Å²) in [4.78, 5) is 12.0. The van der Waals surface area contributed by atoms with E-state index in [9.17, 15) is 4.79 Å². The van der Waals surface area contributed by atoms with Crippen LogP contribution in [0.2, 0.25) is 10.0 Å². The molecule has 0 fully saturated rings. The average molecular weight is 369 g/mol. The fourth-order valence-electron chi connectivity index (χ4n) is 2.09. The third-order valence-electron chi connectivity index (χ3n) is 3.55. The number of hydrogen-bond donors (Lipinski definition) is 0. The van der Waals surface area contributed by atoms with E-state index >= 15 is 0 Å². The summed E-state index contributed by atoms with van der Waals surface area (Å²) >= 11 is 12.1. The Bertz CT molecular complexity index is 733. The van der Waals surface area contributed by atoms with Gasteiger partial charge in [0.15, 0.2) is 0 Å². The van der Waals surface area contributed by atoms with Gasteiger partial charge in [0, 0.05) is 17.9 Å². The normalized spacial score (nSPS) is 11.6. The maximum atomic E-state index is 12.0. The van der Waals surface area contributed by atoms with Crippen molar-refractivity contribution in [2.75, 3.05) is 0 Å². The van der Waals surface area contributed by atoms with E-state index in [2.05, 4.69) is 25.9 Å². The molecule has 0 N–H and O–H groups in total. The third-order valence-corrected chi connectivity index (χ3v) is 4.28.